The highest BCUT2D eigenvalue weighted by Gasteiger charge is 2.28. The molecule has 2 aromatic rings. The van der Waals surface area contributed by atoms with Gasteiger partial charge in [-0.05, 0) is 79.0 Å². The van der Waals surface area contributed by atoms with Gasteiger partial charge in [-0.3, -0.25) is 0 Å². The topological polar surface area (TPSA) is 80.8 Å². The van der Waals surface area contributed by atoms with Crippen LogP contribution >= 0.6 is 0 Å². The number of carboxylic acid groups (broad SMARTS) is 1. The summed E-state index contributed by atoms with van der Waals surface area (Å²) in [7, 11) is 0. The Morgan fingerprint density at radius 3 is 1.97 bits per heavy atom. The molecular weight excluding hydrogens is 396 g/mol. The van der Waals surface area contributed by atoms with Crippen molar-refractivity contribution in [2.75, 3.05) is 26.4 Å². The van der Waals surface area contributed by atoms with Crippen molar-refractivity contribution in [3.8, 4) is 11.5 Å². The van der Waals surface area contributed by atoms with Crippen LogP contribution < -0.4 is 9.47 Å². The van der Waals surface area contributed by atoms with Crippen LogP contribution in [0.25, 0.3) is 0 Å². The van der Waals surface area contributed by atoms with Crippen LogP contribution in [-0.2, 0) is 9.47 Å². The number of ether oxygens (including phenoxy) is 4. The first-order valence-corrected chi connectivity index (χ1v) is 11.1. The average Bonchev–Trinajstić information content (AvgIpc) is 3.71. The van der Waals surface area contributed by atoms with E-state index in [2.05, 4.69) is 12.1 Å². The summed E-state index contributed by atoms with van der Waals surface area (Å²) in [6.45, 7) is 2.68. The van der Waals surface area contributed by atoms with Gasteiger partial charge >= 0.3 is 5.97 Å². The molecule has 2 saturated heterocycles. The zero-order valence-corrected chi connectivity index (χ0v) is 17.5. The van der Waals surface area contributed by atoms with Crippen molar-refractivity contribution in [1.82, 2.24) is 0 Å². The van der Waals surface area contributed by atoms with Crippen molar-refractivity contribution < 1.29 is 28.8 Å². The number of hydrogen-bond donors (Lipinski definition) is 1. The lowest BCUT2D eigenvalue weighted by molar-refractivity contribution is 0.0694. The molecule has 0 radical (unpaired) electrons. The zero-order valence-electron chi connectivity index (χ0n) is 17.5. The van der Waals surface area contributed by atoms with E-state index in [9.17, 15) is 9.90 Å². The first kappa shape index (κ1) is 20.3. The fraction of sp³-hybridized carbons (Fsp3) is 0.480. The average molecular weight is 424 g/mol. The summed E-state index contributed by atoms with van der Waals surface area (Å²) in [4.78, 5) is 11.8. The van der Waals surface area contributed by atoms with E-state index >= 15 is 0 Å². The van der Waals surface area contributed by atoms with Crippen LogP contribution in [0.4, 0.5) is 0 Å². The van der Waals surface area contributed by atoms with E-state index in [-0.39, 0.29) is 18.1 Å². The van der Waals surface area contributed by atoms with Crippen LogP contribution in [0.15, 0.2) is 42.5 Å². The molecule has 0 amide bonds. The molecule has 2 heterocycles. The Hall–Kier alpha value is -2.57. The molecule has 1 N–H and O–H groups in total. The summed E-state index contributed by atoms with van der Waals surface area (Å²) >= 11 is 0. The fourth-order valence-corrected chi connectivity index (χ4v) is 4.44. The lowest BCUT2D eigenvalue weighted by Crippen LogP contribution is -2.15. The minimum absolute atomic E-state index is 0.178. The second-order valence-electron chi connectivity index (χ2n) is 8.70. The smallest absolute Gasteiger partial charge is 0.335 e. The Morgan fingerprint density at radius 1 is 0.839 bits per heavy atom. The number of rotatable bonds is 9. The molecule has 1 saturated carbocycles. The van der Waals surface area contributed by atoms with Crippen molar-refractivity contribution in [1.29, 1.82) is 0 Å². The Bertz CT molecular complexity index is 908. The molecule has 6 nitrogen and oxygen atoms in total. The summed E-state index contributed by atoms with van der Waals surface area (Å²) in [5, 5.41) is 9.67. The molecule has 164 valence electrons. The number of hydrogen-bond acceptors (Lipinski definition) is 5. The van der Waals surface area contributed by atoms with Gasteiger partial charge in [0, 0.05) is 0 Å². The summed E-state index contributed by atoms with van der Waals surface area (Å²) in [5.74, 6) is 1.47. The van der Waals surface area contributed by atoms with Gasteiger partial charge < -0.3 is 24.1 Å². The molecule has 3 aliphatic rings. The highest BCUT2D eigenvalue weighted by molar-refractivity contribution is 5.90. The SMILES string of the molecule is O=C(O)c1ccc(OCC2CO2)cc1C1CCC(c2ccc(OCC3CO3)cc2)CC1. The van der Waals surface area contributed by atoms with Gasteiger partial charge in [0.05, 0.1) is 18.8 Å². The highest BCUT2D eigenvalue weighted by Crippen LogP contribution is 2.42. The lowest BCUT2D eigenvalue weighted by Gasteiger charge is -2.30. The number of benzene rings is 2. The first-order chi connectivity index (χ1) is 15.2. The fourth-order valence-electron chi connectivity index (χ4n) is 4.44. The summed E-state index contributed by atoms with van der Waals surface area (Å²) in [5.41, 5.74) is 2.61. The van der Waals surface area contributed by atoms with Gasteiger partial charge in [-0.25, -0.2) is 4.79 Å². The normalized spacial score (nSPS) is 26.8. The number of carbonyl (C=O) groups is 1. The lowest BCUT2D eigenvalue weighted by atomic mass is 9.75. The van der Waals surface area contributed by atoms with Crippen LogP contribution in [-0.4, -0.2) is 49.7 Å². The third-order valence-electron chi connectivity index (χ3n) is 6.45. The van der Waals surface area contributed by atoms with Gasteiger partial charge in [0.1, 0.15) is 36.9 Å². The predicted octanol–water partition coefficient (Wildman–Crippen LogP) is 4.38. The van der Waals surface area contributed by atoms with Crippen molar-refractivity contribution in [3.63, 3.8) is 0 Å². The summed E-state index contributed by atoms with van der Waals surface area (Å²) < 4.78 is 21.9. The molecule has 0 spiro atoms. The summed E-state index contributed by atoms with van der Waals surface area (Å²) in [6, 6.07) is 13.7. The number of epoxide rings is 2. The van der Waals surface area contributed by atoms with Gasteiger partial charge in [0.15, 0.2) is 0 Å². The Labute approximate surface area is 182 Å². The van der Waals surface area contributed by atoms with Crippen LogP contribution in [0, 0.1) is 0 Å². The van der Waals surface area contributed by atoms with E-state index in [0.29, 0.717) is 24.7 Å². The van der Waals surface area contributed by atoms with E-state index < -0.39 is 5.97 Å². The molecule has 31 heavy (non-hydrogen) atoms. The van der Waals surface area contributed by atoms with Gasteiger partial charge in [0.25, 0.3) is 0 Å². The minimum Gasteiger partial charge on any atom is -0.491 e. The molecule has 2 atom stereocenters. The Morgan fingerprint density at radius 2 is 1.39 bits per heavy atom. The molecule has 0 bridgehead atoms. The number of carboxylic acids is 1. The number of aromatic carboxylic acids is 1. The van der Waals surface area contributed by atoms with Crippen LogP contribution in [0.1, 0.15) is 59.0 Å². The molecule has 1 aliphatic carbocycles. The Kier molecular flexibility index (Phi) is 5.83. The van der Waals surface area contributed by atoms with Crippen molar-refractivity contribution in [2.24, 2.45) is 0 Å². The van der Waals surface area contributed by atoms with Crippen molar-refractivity contribution in [3.05, 3.63) is 59.2 Å². The van der Waals surface area contributed by atoms with Gasteiger partial charge in [0.2, 0.25) is 0 Å². The maximum atomic E-state index is 11.8. The monoisotopic (exact) mass is 424 g/mol. The van der Waals surface area contributed by atoms with E-state index in [1.54, 1.807) is 12.1 Å². The third-order valence-corrected chi connectivity index (χ3v) is 6.45. The molecule has 2 aromatic carbocycles. The van der Waals surface area contributed by atoms with E-state index in [1.807, 2.05) is 18.2 Å². The molecule has 0 aromatic heterocycles. The van der Waals surface area contributed by atoms with Crippen LogP contribution in [0.5, 0.6) is 11.5 Å². The first-order valence-electron chi connectivity index (χ1n) is 11.1. The van der Waals surface area contributed by atoms with Crippen molar-refractivity contribution >= 4 is 5.97 Å². The Balaban J connectivity index is 1.21. The third kappa shape index (κ3) is 5.20. The van der Waals surface area contributed by atoms with E-state index in [4.69, 9.17) is 18.9 Å². The summed E-state index contributed by atoms with van der Waals surface area (Å²) in [6.07, 6.45) is 4.46. The molecule has 2 unspecified atom stereocenters. The molecule has 6 heteroatoms. The van der Waals surface area contributed by atoms with E-state index in [1.165, 1.54) is 5.56 Å². The molecular formula is C25H28O6. The molecule has 2 aliphatic heterocycles. The minimum atomic E-state index is -0.874. The highest BCUT2D eigenvalue weighted by atomic mass is 16.6. The largest absolute Gasteiger partial charge is 0.491 e. The van der Waals surface area contributed by atoms with Gasteiger partial charge in [-0.2, -0.15) is 0 Å². The molecule has 3 fully saturated rings. The second kappa shape index (κ2) is 8.89. The van der Waals surface area contributed by atoms with E-state index in [0.717, 1.165) is 56.0 Å². The van der Waals surface area contributed by atoms with Crippen molar-refractivity contribution in [2.45, 2.75) is 49.7 Å². The van der Waals surface area contributed by atoms with Crippen LogP contribution in [0.2, 0.25) is 0 Å². The standard InChI is InChI=1S/C25H28O6/c26-25(27)23-10-9-20(29-13-22-15-31-22)11-24(23)18-3-1-16(2-4-18)17-5-7-19(8-6-17)28-12-21-14-30-21/h5-11,16,18,21-22H,1-4,12-15H2,(H,26,27). The zero-order chi connectivity index (χ0) is 21.2. The predicted molar refractivity (Wildman–Crippen MR) is 114 cm³/mol. The quantitative estimate of drug-likeness (QED) is 0.602. The second-order valence-corrected chi connectivity index (χ2v) is 8.70. The molecule has 5 rings (SSSR count). The van der Waals surface area contributed by atoms with Crippen LogP contribution in [0.3, 0.4) is 0 Å². The van der Waals surface area contributed by atoms with Gasteiger partial charge in [-0.15, -0.1) is 0 Å². The van der Waals surface area contributed by atoms with Gasteiger partial charge in [-0.1, -0.05) is 12.1 Å². The maximum Gasteiger partial charge on any atom is 0.335 e. The maximum absolute atomic E-state index is 11.8.